The Labute approximate surface area is 164 Å². The predicted octanol–water partition coefficient (Wildman–Crippen LogP) is 3.31. The summed E-state index contributed by atoms with van der Waals surface area (Å²) in [5.41, 5.74) is 6.53. The van der Waals surface area contributed by atoms with Crippen LogP contribution in [0.15, 0.2) is 48.5 Å². The molecule has 0 radical (unpaired) electrons. The van der Waals surface area contributed by atoms with E-state index in [4.69, 9.17) is 10.5 Å². The molecule has 1 aliphatic rings. The minimum absolute atomic E-state index is 0.0478. The summed E-state index contributed by atoms with van der Waals surface area (Å²) in [5, 5.41) is 0. The number of nitrogens with zero attached hydrogens (tertiary/aromatic N) is 1. The summed E-state index contributed by atoms with van der Waals surface area (Å²) in [4.78, 5) is 26.6. The number of likely N-dealkylation sites (tertiary alicyclic amines) is 1. The van der Waals surface area contributed by atoms with Gasteiger partial charge in [-0.25, -0.2) is 4.39 Å². The van der Waals surface area contributed by atoms with Gasteiger partial charge in [0.2, 0.25) is 5.91 Å². The van der Waals surface area contributed by atoms with Crippen LogP contribution in [0.5, 0.6) is 5.75 Å². The van der Waals surface area contributed by atoms with E-state index >= 15 is 0 Å². The minimum atomic E-state index is -0.559. The SMILES string of the molecule is Cc1ccccc1C(=O)N1CCC[C@](COc2ccc(F)cc2)(CC(N)=O)C1. The lowest BCUT2D eigenvalue weighted by Crippen LogP contribution is -2.50. The number of carbonyl (C=O) groups is 2. The number of benzene rings is 2. The second kappa shape index (κ2) is 8.42. The second-order valence-electron chi connectivity index (χ2n) is 7.53. The summed E-state index contributed by atoms with van der Waals surface area (Å²) >= 11 is 0. The number of aryl methyl sites for hydroxylation is 1. The molecule has 2 amide bonds. The first-order valence-electron chi connectivity index (χ1n) is 9.40. The molecule has 1 aliphatic heterocycles. The van der Waals surface area contributed by atoms with Crippen molar-refractivity contribution >= 4 is 11.8 Å². The first kappa shape index (κ1) is 19.9. The van der Waals surface area contributed by atoms with Crippen molar-refractivity contribution in [3.05, 3.63) is 65.5 Å². The Bertz CT molecular complexity index is 853. The van der Waals surface area contributed by atoms with Crippen molar-refractivity contribution in [2.24, 2.45) is 11.1 Å². The van der Waals surface area contributed by atoms with Crippen molar-refractivity contribution in [3.8, 4) is 5.75 Å². The van der Waals surface area contributed by atoms with Gasteiger partial charge in [0, 0.05) is 30.5 Å². The Morgan fingerprint density at radius 3 is 2.57 bits per heavy atom. The molecule has 2 aromatic rings. The highest BCUT2D eigenvalue weighted by molar-refractivity contribution is 5.95. The van der Waals surface area contributed by atoms with Gasteiger partial charge in [-0.3, -0.25) is 9.59 Å². The molecule has 1 fully saturated rings. The van der Waals surface area contributed by atoms with Crippen LogP contribution in [0.25, 0.3) is 0 Å². The first-order valence-corrected chi connectivity index (χ1v) is 9.40. The molecule has 0 saturated carbocycles. The van der Waals surface area contributed by atoms with Crippen molar-refractivity contribution < 1.29 is 18.7 Å². The van der Waals surface area contributed by atoms with Crippen LogP contribution >= 0.6 is 0 Å². The maximum atomic E-state index is 13.1. The van der Waals surface area contributed by atoms with E-state index in [1.54, 1.807) is 17.0 Å². The van der Waals surface area contributed by atoms with Crippen molar-refractivity contribution in [1.29, 1.82) is 0 Å². The van der Waals surface area contributed by atoms with Gasteiger partial charge in [0.05, 0.1) is 6.61 Å². The molecule has 2 N–H and O–H groups in total. The number of halogens is 1. The maximum Gasteiger partial charge on any atom is 0.254 e. The molecule has 0 bridgehead atoms. The molecule has 5 nitrogen and oxygen atoms in total. The van der Waals surface area contributed by atoms with Crippen LogP contribution in [0.1, 0.15) is 35.2 Å². The van der Waals surface area contributed by atoms with Crippen molar-refractivity contribution in [2.75, 3.05) is 19.7 Å². The van der Waals surface area contributed by atoms with Gasteiger partial charge < -0.3 is 15.4 Å². The summed E-state index contributed by atoms with van der Waals surface area (Å²) in [5.74, 6) is -0.291. The number of carbonyl (C=O) groups excluding carboxylic acids is 2. The van der Waals surface area contributed by atoms with Gasteiger partial charge >= 0.3 is 0 Å². The molecule has 1 atom stereocenters. The summed E-state index contributed by atoms with van der Waals surface area (Å²) < 4.78 is 19.0. The van der Waals surface area contributed by atoms with E-state index in [2.05, 4.69) is 0 Å². The fourth-order valence-corrected chi connectivity index (χ4v) is 3.81. The molecule has 6 heteroatoms. The standard InChI is InChI=1S/C22H25FN2O3/c1-16-5-2-3-6-19(16)21(27)25-12-4-11-22(14-25,13-20(24)26)15-28-18-9-7-17(23)8-10-18/h2-3,5-10H,4,11-15H2,1H3,(H2,24,26)/t22-/m0/s1. The van der Waals surface area contributed by atoms with E-state index in [0.717, 1.165) is 18.4 Å². The molecule has 1 heterocycles. The summed E-state index contributed by atoms with van der Waals surface area (Å²) in [6.45, 7) is 3.17. The van der Waals surface area contributed by atoms with Crippen LogP contribution in [-0.2, 0) is 4.79 Å². The summed E-state index contributed by atoms with van der Waals surface area (Å²) in [6.07, 6.45) is 1.62. The van der Waals surface area contributed by atoms with Crippen molar-refractivity contribution in [2.45, 2.75) is 26.2 Å². The third kappa shape index (κ3) is 4.68. The number of rotatable bonds is 6. The smallest absolute Gasteiger partial charge is 0.254 e. The largest absolute Gasteiger partial charge is 0.493 e. The van der Waals surface area contributed by atoms with E-state index < -0.39 is 11.3 Å². The monoisotopic (exact) mass is 384 g/mol. The molecular formula is C22H25FN2O3. The molecule has 0 aromatic heterocycles. The second-order valence-corrected chi connectivity index (χ2v) is 7.53. The maximum absolute atomic E-state index is 13.1. The number of primary amides is 1. The van der Waals surface area contributed by atoms with Crippen LogP contribution in [0.2, 0.25) is 0 Å². The fraction of sp³-hybridized carbons (Fsp3) is 0.364. The van der Waals surface area contributed by atoms with E-state index in [0.29, 0.717) is 24.4 Å². The van der Waals surface area contributed by atoms with Gasteiger partial charge in [-0.2, -0.15) is 0 Å². The molecule has 28 heavy (non-hydrogen) atoms. The fourth-order valence-electron chi connectivity index (χ4n) is 3.81. The van der Waals surface area contributed by atoms with E-state index in [-0.39, 0.29) is 24.8 Å². The third-order valence-electron chi connectivity index (χ3n) is 5.23. The Morgan fingerprint density at radius 1 is 1.18 bits per heavy atom. The normalized spacial score (nSPS) is 19.3. The van der Waals surface area contributed by atoms with Gasteiger partial charge in [-0.1, -0.05) is 18.2 Å². The third-order valence-corrected chi connectivity index (χ3v) is 5.23. The zero-order valence-corrected chi connectivity index (χ0v) is 16.0. The quantitative estimate of drug-likeness (QED) is 0.830. The molecule has 0 spiro atoms. The average molecular weight is 384 g/mol. The highest BCUT2D eigenvalue weighted by Gasteiger charge is 2.39. The number of ether oxygens (including phenoxy) is 1. The van der Waals surface area contributed by atoms with E-state index in [1.807, 2.05) is 31.2 Å². The molecule has 1 saturated heterocycles. The van der Waals surface area contributed by atoms with E-state index in [1.165, 1.54) is 12.1 Å². The molecule has 2 aromatic carbocycles. The molecule has 3 rings (SSSR count). The number of nitrogens with two attached hydrogens (primary N) is 1. The summed E-state index contributed by atoms with van der Waals surface area (Å²) in [6, 6.07) is 13.2. The predicted molar refractivity (Wildman–Crippen MR) is 104 cm³/mol. The first-order chi connectivity index (χ1) is 13.4. The highest BCUT2D eigenvalue weighted by atomic mass is 19.1. The molecule has 148 valence electrons. The lowest BCUT2D eigenvalue weighted by Gasteiger charge is -2.42. The van der Waals surface area contributed by atoms with Gasteiger partial charge in [-0.05, 0) is 55.7 Å². The molecular weight excluding hydrogens is 359 g/mol. The summed E-state index contributed by atoms with van der Waals surface area (Å²) in [7, 11) is 0. The van der Waals surface area contributed by atoms with Crippen LogP contribution in [0.3, 0.4) is 0 Å². The minimum Gasteiger partial charge on any atom is -0.493 e. The lowest BCUT2D eigenvalue weighted by molar-refractivity contribution is -0.122. The van der Waals surface area contributed by atoms with Gasteiger partial charge in [0.1, 0.15) is 11.6 Å². The van der Waals surface area contributed by atoms with Gasteiger partial charge in [-0.15, -0.1) is 0 Å². The van der Waals surface area contributed by atoms with Gasteiger partial charge in [0.25, 0.3) is 5.91 Å². The topological polar surface area (TPSA) is 72.6 Å². The van der Waals surface area contributed by atoms with Crippen LogP contribution in [0, 0.1) is 18.2 Å². The zero-order chi connectivity index (χ0) is 20.1. The zero-order valence-electron chi connectivity index (χ0n) is 16.0. The highest BCUT2D eigenvalue weighted by Crippen LogP contribution is 2.35. The van der Waals surface area contributed by atoms with Crippen LogP contribution in [0.4, 0.5) is 4.39 Å². The van der Waals surface area contributed by atoms with E-state index in [9.17, 15) is 14.0 Å². The van der Waals surface area contributed by atoms with Crippen LogP contribution < -0.4 is 10.5 Å². The number of amides is 2. The number of hydrogen-bond donors (Lipinski definition) is 1. The molecule has 0 unspecified atom stereocenters. The lowest BCUT2D eigenvalue weighted by atomic mass is 9.77. The Morgan fingerprint density at radius 2 is 1.89 bits per heavy atom. The van der Waals surface area contributed by atoms with Crippen molar-refractivity contribution in [1.82, 2.24) is 4.90 Å². The Hall–Kier alpha value is -2.89. The Balaban J connectivity index is 1.77. The van der Waals surface area contributed by atoms with Crippen LogP contribution in [-0.4, -0.2) is 36.4 Å². The average Bonchev–Trinajstić information content (AvgIpc) is 2.67. The Kier molecular flexibility index (Phi) is 5.97. The number of piperidine rings is 1. The number of hydrogen-bond acceptors (Lipinski definition) is 3. The van der Waals surface area contributed by atoms with Crippen molar-refractivity contribution in [3.63, 3.8) is 0 Å². The molecule has 0 aliphatic carbocycles. The van der Waals surface area contributed by atoms with Gasteiger partial charge in [0.15, 0.2) is 0 Å².